The van der Waals surface area contributed by atoms with E-state index in [1.165, 1.54) is 0 Å². The van der Waals surface area contributed by atoms with Gasteiger partial charge in [0.1, 0.15) is 0 Å². The zero-order chi connectivity index (χ0) is 14.4. The fourth-order valence-corrected chi connectivity index (χ4v) is 2.19. The van der Waals surface area contributed by atoms with Gasteiger partial charge in [-0.1, -0.05) is 6.92 Å². The molecule has 2 rings (SSSR count). The first-order chi connectivity index (χ1) is 9.76. The van der Waals surface area contributed by atoms with E-state index in [2.05, 4.69) is 29.2 Å². The molecular formula is C14H19N5S. The first-order valence-corrected chi connectivity index (χ1v) is 7.17. The van der Waals surface area contributed by atoms with Crippen molar-refractivity contribution < 1.29 is 0 Å². The number of anilines is 1. The van der Waals surface area contributed by atoms with E-state index in [0.717, 1.165) is 36.0 Å². The maximum atomic E-state index is 5.41. The monoisotopic (exact) mass is 289 g/mol. The molecule has 0 saturated carbocycles. The summed E-state index contributed by atoms with van der Waals surface area (Å²) in [6.45, 7) is 5.87. The molecule has 20 heavy (non-hydrogen) atoms. The van der Waals surface area contributed by atoms with Gasteiger partial charge in [0, 0.05) is 19.3 Å². The molecule has 1 N–H and O–H groups in total. The third-order valence-electron chi connectivity index (χ3n) is 2.88. The van der Waals surface area contributed by atoms with Crippen molar-refractivity contribution in [1.82, 2.24) is 20.1 Å². The van der Waals surface area contributed by atoms with Gasteiger partial charge in [-0.3, -0.25) is 4.98 Å². The lowest BCUT2D eigenvalue weighted by atomic mass is 10.4. The highest BCUT2D eigenvalue weighted by Crippen LogP contribution is 2.15. The van der Waals surface area contributed by atoms with Gasteiger partial charge in [0.05, 0.1) is 30.0 Å². The number of hydrogen-bond donors (Lipinski definition) is 1. The zero-order valence-electron chi connectivity index (χ0n) is 11.8. The molecule has 0 fully saturated rings. The van der Waals surface area contributed by atoms with Crippen LogP contribution < -0.4 is 10.2 Å². The van der Waals surface area contributed by atoms with E-state index >= 15 is 0 Å². The maximum absolute atomic E-state index is 5.41. The van der Waals surface area contributed by atoms with E-state index in [1.54, 1.807) is 17.1 Å². The highest BCUT2D eigenvalue weighted by Gasteiger charge is 2.12. The summed E-state index contributed by atoms with van der Waals surface area (Å²) in [5.74, 6) is 0. The Morgan fingerprint density at radius 1 is 1.40 bits per heavy atom. The summed E-state index contributed by atoms with van der Waals surface area (Å²) in [4.78, 5) is 6.13. The fraction of sp³-hybridized carbons (Fsp3) is 0.357. The Balaban J connectivity index is 2.16. The fourth-order valence-electron chi connectivity index (χ4n) is 1.85. The van der Waals surface area contributed by atoms with Crippen LogP contribution in [0.5, 0.6) is 0 Å². The van der Waals surface area contributed by atoms with Crippen molar-refractivity contribution in [2.75, 3.05) is 18.0 Å². The Morgan fingerprint density at radius 2 is 2.25 bits per heavy atom. The van der Waals surface area contributed by atoms with Gasteiger partial charge in [0.2, 0.25) is 0 Å². The van der Waals surface area contributed by atoms with Gasteiger partial charge in [-0.25, -0.2) is 4.68 Å². The van der Waals surface area contributed by atoms with Gasteiger partial charge < -0.3 is 10.2 Å². The zero-order valence-corrected chi connectivity index (χ0v) is 12.6. The van der Waals surface area contributed by atoms with Crippen molar-refractivity contribution in [3.63, 3.8) is 0 Å². The number of pyridine rings is 1. The smallest absolute Gasteiger partial charge is 0.173 e. The molecule has 0 aliphatic rings. The highest BCUT2D eigenvalue weighted by atomic mass is 32.1. The summed E-state index contributed by atoms with van der Waals surface area (Å²) < 4.78 is 1.80. The molecule has 0 atom stereocenters. The molecule has 0 spiro atoms. The first kappa shape index (κ1) is 14.5. The van der Waals surface area contributed by atoms with Crippen LogP contribution in [0.25, 0.3) is 5.69 Å². The molecule has 0 saturated heterocycles. The molecule has 2 heterocycles. The van der Waals surface area contributed by atoms with Crippen molar-refractivity contribution in [2.45, 2.75) is 20.3 Å². The summed E-state index contributed by atoms with van der Waals surface area (Å²) in [6, 6.07) is 3.86. The first-order valence-electron chi connectivity index (χ1n) is 6.76. The summed E-state index contributed by atoms with van der Waals surface area (Å²) in [6.07, 6.45) is 8.35. The third-order valence-corrected chi connectivity index (χ3v) is 3.24. The van der Waals surface area contributed by atoms with Crippen LogP contribution in [0.2, 0.25) is 0 Å². The van der Waals surface area contributed by atoms with Crippen molar-refractivity contribution in [3.05, 3.63) is 36.9 Å². The van der Waals surface area contributed by atoms with Gasteiger partial charge >= 0.3 is 0 Å². The van der Waals surface area contributed by atoms with Crippen molar-refractivity contribution >= 4 is 23.0 Å². The van der Waals surface area contributed by atoms with E-state index in [-0.39, 0.29) is 0 Å². The number of hydrogen-bond acceptors (Lipinski definition) is 3. The SMILES string of the molecule is CCCNC(=S)N(CC)c1cnn(-c2cccnc2)c1. The molecule has 0 bridgehead atoms. The molecule has 0 aromatic carbocycles. The summed E-state index contributed by atoms with van der Waals surface area (Å²) in [7, 11) is 0. The Labute approximate surface area is 124 Å². The molecule has 0 amide bonds. The number of rotatable bonds is 5. The predicted molar refractivity (Wildman–Crippen MR) is 85.3 cm³/mol. The normalized spacial score (nSPS) is 10.3. The standard InChI is InChI=1S/C14H19N5S/c1-3-7-16-14(20)18(4-2)13-10-17-19(11-13)12-6-5-8-15-9-12/h5-6,8-11H,3-4,7H2,1-2H3,(H,16,20). The van der Waals surface area contributed by atoms with Crippen LogP contribution >= 0.6 is 12.2 Å². The topological polar surface area (TPSA) is 46.0 Å². The Kier molecular flexibility index (Phi) is 5.06. The van der Waals surface area contributed by atoms with Crippen LogP contribution in [-0.2, 0) is 0 Å². The average Bonchev–Trinajstić information content (AvgIpc) is 2.96. The highest BCUT2D eigenvalue weighted by molar-refractivity contribution is 7.80. The van der Waals surface area contributed by atoms with Gasteiger partial charge in [0.25, 0.3) is 0 Å². The number of nitrogens with zero attached hydrogens (tertiary/aromatic N) is 4. The second kappa shape index (κ2) is 7.00. The van der Waals surface area contributed by atoms with Crippen LogP contribution in [0.15, 0.2) is 36.9 Å². The number of nitrogens with one attached hydrogen (secondary N) is 1. The second-order valence-corrected chi connectivity index (χ2v) is 4.72. The molecule has 106 valence electrons. The maximum Gasteiger partial charge on any atom is 0.173 e. The van der Waals surface area contributed by atoms with E-state index in [4.69, 9.17) is 12.2 Å². The molecule has 0 aliphatic heterocycles. The van der Waals surface area contributed by atoms with Gasteiger partial charge in [-0.05, 0) is 37.7 Å². The van der Waals surface area contributed by atoms with Crippen LogP contribution in [0.3, 0.4) is 0 Å². The minimum Gasteiger partial charge on any atom is -0.362 e. The van der Waals surface area contributed by atoms with Gasteiger partial charge in [-0.2, -0.15) is 5.10 Å². The lowest BCUT2D eigenvalue weighted by molar-refractivity contribution is 0.829. The van der Waals surface area contributed by atoms with Crippen LogP contribution in [-0.4, -0.2) is 33.0 Å². The molecular weight excluding hydrogens is 270 g/mol. The summed E-state index contributed by atoms with van der Waals surface area (Å²) >= 11 is 5.41. The quantitative estimate of drug-likeness (QED) is 0.856. The Bertz CT molecular complexity index is 552. The summed E-state index contributed by atoms with van der Waals surface area (Å²) in [5.41, 5.74) is 1.91. The minimum absolute atomic E-state index is 0.736. The largest absolute Gasteiger partial charge is 0.362 e. The Morgan fingerprint density at radius 3 is 2.90 bits per heavy atom. The molecule has 5 nitrogen and oxygen atoms in total. The van der Waals surface area contributed by atoms with E-state index < -0.39 is 0 Å². The van der Waals surface area contributed by atoms with E-state index in [0.29, 0.717) is 0 Å². The second-order valence-electron chi connectivity index (χ2n) is 4.33. The van der Waals surface area contributed by atoms with E-state index in [1.807, 2.05) is 29.4 Å². The number of thiocarbonyl (C=S) groups is 1. The number of aromatic nitrogens is 3. The van der Waals surface area contributed by atoms with E-state index in [9.17, 15) is 0 Å². The molecule has 2 aromatic rings. The molecule has 6 heteroatoms. The third kappa shape index (κ3) is 3.33. The molecule has 0 aliphatic carbocycles. The van der Waals surface area contributed by atoms with Gasteiger partial charge in [0.15, 0.2) is 5.11 Å². The average molecular weight is 289 g/mol. The van der Waals surface area contributed by atoms with Crippen LogP contribution in [0.4, 0.5) is 5.69 Å². The Hall–Kier alpha value is -1.95. The molecule has 2 aromatic heterocycles. The lowest BCUT2D eigenvalue weighted by Crippen LogP contribution is -2.39. The predicted octanol–water partition coefficient (Wildman–Crippen LogP) is 2.38. The van der Waals surface area contributed by atoms with Crippen LogP contribution in [0, 0.1) is 0 Å². The minimum atomic E-state index is 0.736. The van der Waals surface area contributed by atoms with Crippen molar-refractivity contribution in [1.29, 1.82) is 0 Å². The molecule has 0 unspecified atom stereocenters. The van der Waals surface area contributed by atoms with Gasteiger partial charge in [-0.15, -0.1) is 0 Å². The van der Waals surface area contributed by atoms with Crippen LogP contribution in [0.1, 0.15) is 20.3 Å². The lowest BCUT2D eigenvalue weighted by Gasteiger charge is -2.22. The summed E-state index contributed by atoms with van der Waals surface area (Å²) in [5, 5.41) is 8.34. The van der Waals surface area contributed by atoms with Crippen molar-refractivity contribution in [2.24, 2.45) is 0 Å². The van der Waals surface area contributed by atoms with Crippen molar-refractivity contribution in [3.8, 4) is 5.69 Å². The molecule has 0 radical (unpaired) electrons.